The third-order valence-electron chi connectivity index (χ3n) is 5.85. The monoisotopic (exact) mass is 427 g/mol. The average Bonchev–Trinajstić information content (AvgIpc) is 2.74. The van der Waals surface area contributed by atoms with Crippen molar-refractivity contribution < 1.29 is 13.2 Å². The zero-order chi connectivity index (χ0) is 21.2. The summed E-state index contributed by atoms with van der Waals surface area (Å²) < 4.78 is 25.4. The first-order valence-corrected chi connectivity index (χ1v) is 12.9. The number of nitrogens with zero attached hydrogens (tertiary/aromatic N) is 1. The number of β-lactam (4-membered cyclic amide) rings is 1. The molecule has 0 bridgehead atoms. The van der Waals surface area contributed by atoms with Gasteiger partial charge >= 0.3 is 0 Å². The van der Waals surface area contributed by atoms with Gasteiger partial charge in [-0.15, -0.1) is 0 Å². The fourth-order valence-corrected chi connectivity index (χ4v) is 5.91. The Morgan fingerprint density at radius 2 is 1.27 bits per heavy atom. The van der Waals surface area contributed by atoms with Crippen molar-refractivity contribution in [1.29, 1.82) is 0 Å². The molecule has 3 rings (SSSR count). The molecular formula is C25H33NO3S. The van der Waals surface area contributed by atoms with Gasteiger partial charge in [0.2, 0.25) is 5.91 Å². The lowest BCUT2D eigenvalue weighted by molar-refractivity contribution is -0.141. The van der Waals surface area contributed by atoms with Crippen LogP contribution >= 0.6 is 0 Å². The number of sulfone groups is 1. The lowest BCUT2D eigenvalue weighted by Gasteiger charge is -2.39. The van der Waals surface area contributed by atoms with E-state index in [4.69, 9.17) is 0 Å². The average molecular weight is 428 g/mol. The molecule has 1 amide bonds. The van der Waals surface area contributed by atoms with Gasteiger partial charge < -0.3 is 4.90 Å². The fraction of sp³-hybridized carbons (Fsp3) is 0.480. The lowest BCUT2D eigenvalue weighted by atomic mass is 10.0. The van der Waals surface area contributed by atoms with Crippen LogP contribution in [0.15, 0.2) is 60.7 Å². The molecule has 0 radical (unpaired) electrons. The molecule has 0 aliphatic carbocycles. The molecule has 0 aromatic heterocycles. The summed E-state index contributed by atoms with van der Waals surface area (Å²) in [5.74, 6) is -0.0248. The molecule has 2 aromatic rings. The Balaban J connectivity index is 1.28. The summed E-state index contributed by atoms with van der Waals surface area (Å²) in [6, 6.07) is 19.8. The summed E-state index contributed by atoms with van der Waals surface area (Å²) in [7, 11) is -3.33. The molecule has 0 saturated carbocycles. The van der Waals surface area contributed by atoms with Crippen LogP contribution in [0, 0.1) is 0 Å². The fourth-order valence-electron chi connectivity index (χ4n) is 4.06. The third-order valence-corrected chi connectivity index (χ3v) is 7.84. The number of likely N-dealkylation sites (tertiary alicyclic amines) is 1. The summed E-state index contributed by atoms with van der Waals surface area (Å²) in [4.78, 5) is 13.5. The van der Waals surface area contributed by atoms with Gasteiger partial charge in [0, 0.05) is 6.54 Å². The van der Waals surface area contributed by atoms with Crippen molar-refractivity contribution in [3.63, 3.8) is 0 Å². The van der Waals surface area contributed by atoms with Crippen molar-refractivity contribution in [2.45, 2.75) is 68.9 Å². The molecule has 1 fully saturated rings. The van der Waals surface area contributed by atoms with E-state index < -0.39 is 15.2 Å². The highest BCUT2D eigenvalue weighted by Crippen LogP contribution is 2.27. The number of hydrogen-bond donors (Lipinski definition) is 0. The summed E-state index contributed by atoms with van der Waals surface area (Å²) in [5.41, 5.74) is 2.19. The van der Waals surface area contributed by atoms with E-state index in [2.05, 4.69) is 30.3 Å². The van der Waals surface area contributed by atoms with Gasteiger partial charge in [0.1, 0.15) is 5.37 Å². The number of carbonyl (C=O) groups is 1. The Hall–Kier alpha value is -2.14. The highest BCUT2D eigenvalue weighted by Gasteiger charge is 2.44. The zero-order valence-corrected chi connectivity index (χ0v) is 18.5. The smallest absolute Gasteiger partial charge is 0.226 e. The first kappa shape index (κ1) is 22.5. The Morgan fingerprint density at radius 3 is 1.87 bits per heavy atom. The van der Waals surface area contributed by atoms with Gasteiger partial charge in [-0.1, -0.05) is 92.8 Å². The number of rotatable bonds is 13. The van der Waals surface area contributed by atoms with Crippen LogP contribution in [0.5, 0.6) is 0 Å². The van der Waals surface area contributed by atoms with Crippen molar-refractivity contribution in [2.75, 3.05) is 6.54 Å². The topological polar surface area (TPSA) is 54.5 Å². The van der Waals surface area contributed by atoms with E-state index in [1.165, 1.54) is 31.2 Å². The molecule has 1 heterocycles. The first-order valence-electron chi connectivity index (χ1n) is 11.2. The summed E-state index contributed by atoms with van der Waals surface area (Å²) in [6.07, 6.45) is 9.29. The van der Waals surface area contributed by atoms with Crippen LogP contribution < -0.4 is 0 Å². The quantitative estimate of drug-likeness (QED) is 0.329. The highest BCUT2D eigenvalue weighted by atomic mass is 32.2. The molecule has 1 saturated heterocycles. The Kier molecular flexibility index (Phi) is 8.50. The van der Waals surface area contributed by atoms with E-state index in [-0.39, 0.29) is 18.1 Å². The summed E-state index contributed by atoms with van der Waals surface area (Å²) >= 11 is 0. The Labute approximate surface area is 181 Å². The second-order valence-electron chi connectivity index (χ2n) is 8.25. The molecule has 162 valence electrons. The SMILES string of the molecule is O=C1CC(S(=O)(=O)Cc2ccccc2)N1CCCCCCCCCc1ccccc1. The number of hydrogen-bond acceptors (Lipinski definition) is 3. The largest absolute Gasteiger partial charge is 0.325 e. The lowest BCUT2D eigenvalue weighted by Crippen LogP contribution is -2.56. The van der Waals surface area contributed by atoms with Crippen LogP contribution in [0.4, 0.5) is 0 Å². The van der Waals surface area contributed by atoms with Crippen molar-refractivity contribution in [2.24, 2.45) is 0 Å². The molecule has 1 unspecified atom stereocenters. The van der Waals surface area contributed by atoms with Gasteiger partial charge in [-0.3, -0.25) is 4.79 Å². The maximum Gasteiger partial charge on any atom is 0.226 e. The number of aryl methyl sites for hydroxylation is 1. The molecule has 5 heteroatoms. The van der Waals surface area contributed by atoms with Crippen LogP contribution in [0.2, 0.25) is 0 Å². The highest BCUT2D eigenvalue weighted by molar-refractivity contribution is 7.91. The molecular weight excluding hydrogens is 394 g/mol. The van der Waals surface area contributed by atoms with Crippen LogP contribution in [-0.2, 0) is 26.8 Å². The van der Waals surface area contributed by atoms with E-state index in [0.717, 1.165) is 31.2 Å². The van der Waals surface area contributed by atoms with Gasteiger partial charge in [-0.25, -0.2) is 8.42 Å². The number of unbranched alkanes of at least 4 members (excludes halogenated alkanes) is 6. The Bertz CT molecular complexity index is 881. The van der Waals surface area contributed by atoms with E-state index >= 15 is 0 Å². The zero-order valence-electron chi connectivity index (χ0n) is 17.7. The van der Waals surface area contributed by atoms with E-state index in [9.17, 15) is 13.2 Å². The van der Waals surface area contributed by atoms with Gasteiger partial charge in [-0.05, 0) is 30.4 Å². The first-order chi connectivity index (χ1) is 14.6. The molecule has 1 aliphatic rings. The van der Waals surface area contributed by atoms with Gasteiger partial charge in [0.15, 0.2) is 9.84 Å². The van der Waals surface area contributed by atoms with Crippen LogP contribution in [0.3, 0.4) is 0 Å². The standard InChI is InChI=1S/C25H33NO3S/c27-24-20-25(30(28,29)21-23-17-11-7-12-18-23)26(24)19-13-5-3-1-2-4-8-14-22-15-9-6-10-16-22/h6-7,9-12,15-18,25H,1-5,8,13-14,19-21H2. The normalized spacial score (nSPS) is 16.5. The number of amides is 1. The Morgan fingerprint density at radius 1 is 0.733 bits per heavy atom. The van der Waals surface area contributed by atoms with Gasteiger partial charge in [0.25, 0.3) is 0 Å². The van der Waals surface area contributed by atoms with Crippen LogP contribution in [0.1, 0.15) is 62.5 Å². The van der Waals surface area contributed by atoms with Gasteiger partial charge in [-0.2, -0.15) is 0 Å². The molecule has 4 nitrogen and oxygen atoms in total. The van der Waals surface area contributed by atoms with Gasteiger partial charge in [0.05, 0.1) is 12.2 Å². The summed E-state index contributed by atoms with van der Waals surface area (Å²) in [5, 5.41) is -0.636. The van der Waals surface area contributed by atoms with E-state index in [1.54, 1.807) is 4.90 Å². The van der Waals surface area contributed by atoms with Crippen LogP contribution in [-0.4, -0.2) is 31.1 Å². The summed E-state index contributed by atoms with van der Waals surface area (Å²) in [6.45, 7) is 0.561. The molecule has 1 aliphatic heterocycles. The maximum absolute atomic E-state index is 12.7. The molecule has 30 heavy (non-hydrogen) atoms. The number of carbonyl (C=O) groups excluding carboxylic acids is 1. The second-order valence-corrected chi connectivity index (χ2v) is 10.4. The number of benzene rings is 2. The van der Waals surface area contributed by atoms with E-state index in [1.807, 2.05) is 30.3 Å². The van der Waals surface area contributed by atoms with E-state index in [0.29, 0.717) is 6.54 Å². The maximum atomic E-state index is 12.7. The predicted molar refractivity (Wildman–Crippen MR) is 122 cm³/mol. The third kappa shape index (κ3) is 6.69. The van der Waals surface area contributed by atoms with Crippen molar-refractivity contribution in [1.82, 2.24) is 4.90 Å². The minimum Gasteiger partial charge on any atom is -0.325 e. The minimum absolute atomic E-state index is 0.00523. The molecule has 1 atom stereocenters. The van der Waals surface area contributed by atoms with Crippen LogP contribution in [0.25, 0.3) is 0 Å². The minimum atomic E-state index is -3.33. The van der Waals surface area contributed by atoms with Crippen molar-refractivity contribution >= 4 is 15.7 Å². The molecule has 2 aromatic carbocycles. The predicted octanol–water partition coefficient (Wildman–Crippen LogP) is 5.13. The van der Waals surface area contributed by atoms with Crippen molar-refractivity contribution in [3.05, 3.63) is 71.8 Å². The van der Waals surface area contributed by atoms with Crippen molar-refractivity contribution in [3.8, 4) is 0 Å². The second kappa shape index (κ2) is 11.3. The molecule has 0 N–H and O–H groups in total. The molecule has 0 spiro atoms.